The van der Waals surface area contributed by atoms with Crippen LogP contribution in [-0.4, -0.2) is 16.0 Å². The van der Waals surface area contributed by atoms with Gasteiger partial charge in [0.1, 0.15) is 5.01 Å². The molecule has 0 atom stereocenters. The summed E-state index contributed by atoms with van der Waals surface area (Å²) in [5.41, 5.74) is 3.60. The molecule has 4 aromatic rings. The second-order valence-electron chi connectivity index (χ2n) is 6.33. The number of thiazole rings is 1. The molecule has 0 bridgehead atoms. The number of rotatable bonds is 4. The standard InChI is InChI=1S/C22H16ClN3OS2/c23-17-5-3-4-16(12-17)20(27)26-22(28)24-13-14-8-10-15(11-9-14)21-25-18-6-1-2-7-19(18)29-21/h1-12H,13H2,(H2,24,26,27,28). The molecule has 0 aliphatic rings. The molecule has 1 aromatic heterocycles. The first-order chi connectivity index (χ1) is 14.1. The molecule has 3 aromatic carbocycles. The van der Waals surface area contributed by atoms with E-state index in [9.17, 15) is 4.79 Å². The minimum Gasteiger partial charge on any atom is -0.358 e. The van der Waals surface area contributed by atoms with Crippen molar-refractivity contribution in [2.75, 3.05) is 0 Å². The predicted octanol–water partition coefficient (Wildman–Crippen LogP) is 5.42. The fourth-order valence-electron chi connectivity index (χ4n) is 2.79. The lowest BCUT2D eigenvalue weighted by Gasteiger charge is -2.10. The number of carbonyl (C=O) groups excluding carboxylic acids is 1. The van der Waals surface area contributed by atoms with E-state index >= 15 is 0 Å². The zero-order chi connectivity index (χ0) is 20.2. The first kappa shape index (κ1) is 19.5. The van der Waals surface area contributed by atoms with E-state index in [1.54, 1.807) is 35.6 Å². The maximum atomic E-state index is 12.2. The molecule has 2 N–H and O–H groups in total. The lowest BCUT2D eigenvalue weighted by Crippen LogP contribution is -2.38. The van der Waals surface area contributed by atoms with E-state index in [4.69, 9.17) is 23.8 Å². The van der Waals surface area contributed by atoms with Crippen molar-refractivity contribution in [1.29, 1.82) is 0 Å². The van der Waals surface area contributed by atoms with Gasteiger partial charge in [-0.3, -0.25) is 10.1 Å². The van der Waals surface area contributed by atoms with Crippen molar-refractivity contribution >= 4 is 56.4 Å². The second kappa shape index (κ2) is 8.69. The summed E-state index contributed by atoms with van der Waals surface area (Å²) in [5, 5.41) is 7.48. The number of halogens is 1. The van der Waals surface area contributed by atoms with Gasteiger partial charge < -0.3 is 5.32 Å². The SMILES string of the molecule is O=C(NC(=S)NCc1ccc(-c2nc3ccccc3s2)cc1)c1cccc(Cl)c1. The highest BCUT2D eigenvalue weighted by Crippen LogP contribution is 2.29. The zero-order valence-electron chi connectivity index (χ0n) is 15.2. The summed E-state index contributed by atoms with van der Waals surface area (Å²) in [7, 11) is 0. The normalized spacial score (nSPS) is 10.7. The van der Waals surface area contributed by atoms with Gasteiger partial charge in [-0.25, -0.2) is 4.98 Å². The van der Waals surface area contributed by atoms with Gasteiger partial charge in [0.25, 0.3) is 5.91 Å². The van der Waals surface area contributed by atoms with Gasteiger partial charge in [-0.1, -0.05) is 54.1 Å². The Morgan fingerprint density at radius 1 is 1.03 bits per heavy atom. The van der Waals surface area contributed by atoms with Crippen molar-refractivity contribution in [3.63, 3.8) is 0 Å². The van der Waals surface area contributed by atoms with Crippen LogP contribution in [0.15, 0.2) is 72.8 Å². The van der Waals surface area contributed by atoms with Gasteiger partial charge in [0.2, 0.25) is 0 Å². The predicted molar refractivity (Wildman–Crippen MR) is 123 cm³/mol. The Kier molecular flexibility index (Phi) is 5.85. The molecular weight excluding hydrogens is 422 g/mol. The summed E-state index contributed by atoms with van der Waals surface area (Å²) in [5.74, 6) is -0.295. The lowest BCUT2D eigenvalue weighted by molar-refractivity contribution is 0.0976. The summed E-state index contributed by atoms with van der Waals surface area (Å²) >= 11 is 12.8. The van der Waals surface area contributed by atoms with E-state index in [1.807, 2.05) is 42.5 Å². The Labute approximate surface area is 182 Å². The van der Waals surface area contributed by atoms with Crippen LogP contribution in [0.1, 0.15) is 15.9 Å². The Balaban J connectivity index is 1.35. The van der Waals surface area contributed by atoms with E-state index in [-0.39, 0.29) is 11.0 Å². The molecule has 144 valence electrons. The highest BCUT2D eigenvalue weighted by molar-refractivity contribution is 7.80. The largest absolute Gasteiger partial charge is 0.358 e. The number of hydrogen-bond acceptors (Lipinski definition) is 4. The van der Waals surface area contributed by atoms with Crippen LogP contribution < -0.4 is 10.6 Å². The first-order valence-electron chi connectivity index (χ1n) is 8.88. The minimum absolute atomic E-state index is 0.269. The smallest absolute Gasteiger partial charge is 0.257 e. The molecular formula is C22H16ClN3OS2. The molecule has 0 saturated heterocycles. The van der Waals surface area contributed by atoms with Crippen LogP contribution in [0.25, 0.3) is 20.8 Å². The number of para-hydroxylation sites is 1. The molecule has 1 heterocycles. The summed E-state index contributed by atoms with van der Waals surface area (Å²) in [6, 6.07) is 23.0. The van der Waals surface area contributed by atoms with E-state index in [0.29, 0.717) is 17.1 Å². The maximum absolute atomic E-state index is 12.2. The van der Waals surface area contributed by atoms with E-state index in [0.717, 1.165) is 21.7 Å². The number of fused-ring (bicyclic) bond motifs is 1. The number of nitrogens with one attached hydrogen (secondary N) is 2. The average Bonchev–Trinajstić information content (AvgIpc) is 3.17. The van der Waals surface area contributed by atoms with Crippen LogP contribution in [0.3, 0.4) is 0 Å². The Morgan fingerprint density at radius 3 is 2.59 bits per heavy atom. The number of aromatic nitrogens is 1. The Bertz CT molecular complexity index is 1160. The van der Waals surface area contributed by atoms with Crippen LogP contribution >= 0.6 is 35.2 Å². The monoisotopic (exact) mass is 437 g/mol. The third-order valence-electron chi connectivity index (χ3n) is 4.26. The second-order valence-corrected chi connectivity index (χ2v) is 8.21. The van der Waals surface area contributed by atoms with E-state index < -0.39 is 0 Å². The van der Waals surface area contributed by atoms with Crippen LogP contribution in [0.4, 0.5) is 0 Å². The van der Waals surface area contributed by atoms with Crippen molar-refractivity contribution in [3.05, 3.63) is 88.9 Å². The zero-order valence-corrected chi connectivity index (χ0v) is 17.6. The molecule has 0 aliphatic heterocycles. The number of benzene rings is 3. The number of carbonyl (C=O) groups is 1. The molecule has 0 radical (unpaired) electrons. The summed E-state index contributed by atoms with van der Waals surface area (Å²) < 4.78 is 1.18. The van der Waals surface area contributed by atoms with E-state index in [1.165, 1.54) is 4.70 Å². The van der Waals surface area contributed by atoms with Gasteiger partial charge in [-0.05, 0) is 48.1 Å². The van der Waals surface area contributed by atoms with Gasteiger partial charge in [0, 0.05) is 22.7 Å². The number of hydrogen-bond donors (Lipinski definition) is 2. The molecule has 4 nitrogen and oxygen atoms in total. The minimum atomic E-state index is -0.295. The van der Waals surface area contributed by atoms with Gasteiger partial charge in [-0.15, -0.1) is 11.3 Å². The molecule has 4 rings (SSSR count). The average molecular weight is 438 g/mol. The summed E-state index contributed by atoms with van der Waals surface area (Å²) in [6.45, 7) is 0.509. The molecule has 1 amide bonds. The maximum Gasteiger partial charge on any atom is 0.257 e. The Morgan fingerprint density at radius 2 is 1.83 bits per heavy atom. The van der Waals surface area contributed by atoms with E-state index in [2.05, 4.69) is 21.7 Å². The van der Waals surface area contributed by atoms with Crippen LogP contribution in [-0.2, 0) is 6.54 Å². The number of nitrogens with zero attached hydrogens (tertiary/aromatic N) is 1. The number of amides is 1. The van der Waals surface area contributed by atoms with Crippen LogP contribution in [0.5, 0.6) is 0 Å². The number of thiocarbonyl (C=S) groups is 1. The third kappa shape index (κ3) is 4.79. The van der Waals surface area contributed by atoms with Crippen molar-refractivity contribution in [2.24, 2.45) is 0 Å². The quantitative estimate of drug-likeness (QED) is 0.418. The first-order valence-corrected chi connectivity index (χ1v) is 10.5. The van der Waals surface area contributed by atoms with Crippen molar-refractivity contribution in [2.45, 2.75) is 6.54 Å². The highest BCUT2D eigenvalue weighted by atomic mass is 35.5. The molecule has 29 heavy (non-hydrogen) atoms. The van der Waals surface area contributed by atoms with Crippen molar-refractivity contribution in [1.82, 2.24) is 15.6 Å². The highest BCUT2D eigenvalue weighted by Gasteiger charge is 2.09. The molecule has 0 saturated carbocycles. The topological polar surface area (TPSA) is 54.0 Å². The molecule has 0 aliphatic carbocycles. The third-order valence-corrected chi connectivity index (χ3v) is 5.83. The molecule has 0 unspecified atom stereocenters. The molecule has 0 spiro atoms. The van der Waals surface area contributed by atoms with Crippen LogP contribution in [0.2, 0.25) is 5.02 Å². The van der Waals surface area contributed by atoms with Gasteiger partial charge in [0.05, 0.1) is 10.2 Å². The lowest BCUT2D eigenvalue weighted by atomic mass is 10.1. The Hall–Kier alpha value is -2.80. The van der Waals surface area contributed by atoms with Gasteiger partial charge in [-0.2, -0.15) is 0 Å². The molecule has 7 heteroatoms. The van der Waals surface area contributed by atoms with Crippen molar-refractivity contribution < 1.29 is 4.79 Å². The van der Waals surface area contributed by atoms with Gasteiger partial charge >= 0.3 is 0 Å². The summed E-state index contributed by atoms with van der Waals surface area (Å²) in [4.78, 5) is 16.9. The van der Waals surface area contributed by atoms with Crippen LogP contribution in [0, 0.1) is 0 Å². The van der Waals surface area contributed by atoms with Gasteiger partial charge in [0.15, 0.2) is 5.11 Å². The van der Waals surface area contributed by atoms with Crippen molar-refractivity contribution in [3.8, 4) is 10.6 Å². The fraction of sp³-hybridized carbons (Fsp3) is 0.0455. The summed E-state index contributed by atoms with van der Waals surface area (Å²) in [6.07, 6.45) is 0. The molecule has 0 fully saturated rings. The fourth-order valence-corrected chi connectivity index (χ4v) is 4.12.